The molecule has 3 rings (SSSR count). The van der Waals surface area contributed by atoms with Crippen molar-refractivity contribution in [1.29, 1.82) is 0 Å². The summed E-state index contributed by atoms with van der Waals surface area (Å²) in [6, 6.07) is 3.93. The van der Waals surface area contributed by atoms with Crippen LogP contribution in [0.4, 0.5) is 5.69 Å². The van der Waals surface area contributed by atoms with Gasteiger partial charge < -0.3 is 0 Å². The van der Waals surface area contributed by atoms with Crippen LogP contribution >= 0.6 is 0 Å². The van der Waals surface area contributed by atoms with Crippen molar-refractivity contribution in [3.63, 3.8) is 0 Å². The van der Waals surface area contributed by atoms with Crippen molar-refractivity contribution >= 4 is 21.5 Å². The van der Waals surface area contributed by atoms with E-state index in [0.717, 1.165) is 25.3 Å². The van der Waals surface area contributed by atoms with E-state index < -0.39 is 14.9 Å². The van der Waals surface area contributed by atoms with Gasteiger partial charge in [-0.15, -0.1) is 0 Å². The van der Waals surface area contributed by atoms with Crippen LogP contribution in [0.2, 0.25) is 0 Å². The molecular formula is C15H19N3O4S. The molecule has 0 aromatic heterocycles. The number of nitrogens with one attached hydrogen (secondary N) is 1. The molecule has 1 N–H and O–H groups in total. The molecule has 0 saturated heterocycles. The smallest absolute Gasteiger partial charge is 0.264 e. The maximum absolute atomic E-state index is 12.2. The largest absolute Gasteiger partial charge is 0.270 e. The van der Waals surface area contributed by atoms with E-state index in [-0.39, 0.29) is 16.6 Å². The number of amidine groups is 1. The SMILES string of the molecule is CC1CCCC(N=C2NS(=O)(=O)c3cc([N+](=O)[O-])ccc32)C1C. The summed E-state index contributed by atoms with van der Waals surface area (Å²) in [5.41, 5.74) is 0.177. The van der Waals surface area contributed by atoms with Crippen molar-refractivity contribution in [3.8, 4) is 0 Å². The molecule has 1 aromatic carbocycles. The number of hydrogen-bond donors (Lipinski definition) is 1. The van der Waals surface area contributed by atoms with Crippen molar-refractivity contribution in [2.75, 3.05) is 0 Å². The third-order valence-electron chi connectivity index (χ3n) is 4.91. The molecule has 1 heterocycles. The van der Waals surface area contributed by atoms with Gasteiger partial charge >= 0.3 is 0 Å². The van der Waals surface area contributed by atoms with Gasteiger partial charge in [-0.1, -0.05) is 26.7 Å². The zero-order valence-electron chi connectivity index (χ0n) is 13.0. The third-order valence-corrected chi connectivity index (χ3v) is 6.29. The van der Waals surface area contributed by atoms with Gasteiger partial charge in [-0.2, -0.15) is 0 Å². The number of nitro groups is 1. The Labute approximate surface area is 135 Å². The van der Waals surface area contributed by atoms with E-state index in [9.17, 15) is 18.5 Å². The molecule has 2 aliphatic rings. The van der Waals surface area contributed by atoms with Crippen molar-refractivity contribution in [1.82, 2.24) is 4.72 Å². The van der Waals surface area contributed by atoms with E-state index in [4.69, 9.17) is 0 Å². The lowest BCUT2D eigenvalue weighted by molar-refractivity contribution is -0.385. The zero-order chi connectivity index (χ0) is 16.8. The van der Waals surface area contributed by atoms with Gasteiger partial charge in [-0.25, -0.2) is 8.42 Å². The fourth-order valence-electron chi connectivity index (χ4n) is 3.28. The number of non-ortho nitro benzene ring substituents is 1. The second-order valence-electron chi connectivity index (χ2n) is 6.36. The highest BCUT2D eigenvalue weighted by molar-refractivity contribution is 7.90. The molecule has 1 aliphatic carbocycles. The molecule has 3 atom stereocenters. The molecule has 1 aliphatic heterocycles. The molecule has 0 amide bonds. The second kappa shape index (κ2) is 5.59. The van der Waals surface area contributed by atoms with E-state index in [2.05, 4.69) is 23.6 Å². The molecule has 1 fully saturated rings. The standard InChI is InChI=1S/C15H19N3O4S/c1-9-4-3-5-13(10(9)2)16-15-12-7-6-11(18(19)20)8-14(12)23(21,22)17-15/h6-10,13H,3-5H2,1-2H3,(H,16,17). The Morgan fingerprint density at radius 1 is 1.30 bits per heavy atom. The van der Waals surface area contributed by atoms with Gasteiger partial charge in [0.05, 0.1) is 11.0 Å². The second-order valence-corrected chi connectivity index (χ2v) is 8.01. The summed E-state index contributed by atoms with van der Waals surface area (Å²) in [6.07, 6.45) is 3.17. The van der Waals surface area contributed by atoms with Crippen LogP contribution in [0.15, 0.2) is 28.1 Å². The van der Waals surface area contributed by atoms with Crippen LogP contribution in [0.25, 0.3) is 0 Å². The topological polar surface area (TPSA) is 102 Å². The Morgan fingerprint density at radius 3 is 2.74 bits per heavy atom. The Bertz CT molecular complexity index is 788. The Morgan fingerprint density at radius 2 is 2.04 bits per heavy atom. The highest BCUT2D eigenvalue weighted by Gasteiger charge is 2.34. The average molecular weight is 337 g/mol. The molecule has 1 saturated carbocycles. The Kier molecular flexibility index (Phi) is 3.87. The average Bonchev–Trinajstić information content (AvgIpc) is 2.74. The molecule has 1 aromatic rings. The lowest BCUT2D eigenvalue weighted by atomic mass is 9.78. The first kappa shape index (κ1) is 15.9. The highest BCUT2D eigenvalue weighted by atomic mass is 32.2. The van der Waals surface area contributed by atoms with Crippen LogP contribution in [0, 0.1) is 22.0 Å². The number of rotatable bonds is 2. The summed E-state index contributed by atoms with van der Waals surface area (Å²) >= 11 is 0. The lowest BCUT2D eigenvalue weighted by Gasteiger charge is -2.31. The van der Waals surface area contributed by atoms with Gasteiger partial charge in [0.25, 0.3) is 15.7 Å². The number of nitro benzene ring substituents is 1. The van der Waals surface area contributed by atoms with Crippen LogP contribution in [-0.2, 0) is 10.0 Å². The van der Waals surface area contributed by atoms with E-state index in [1.54, 1.807) is 0 Å². The fraction of sp³-hybridized carbons (Fsp3) is 0.533. The highest BCUT2D eigenvalue weighted by Crippen LogP contribution is 2.33. The summed E-state index contributed by atoms with van der Waals surface area (Å²) in [4.78, 5) is 14.8. The summed E-state index contributed by atoms with van der Waals surface area (Å²) in [5.74, 6) is 1.23. The minimum absolute atomic E-state index is 0.0672. The number of hydrogen-bond acceptors (Lipinski definition) is 5. The van der Waals surface area contributed by atoms with Crippen molar-refractivity contribution in [3.05, 3.63) is 33.9 Å². The summed E-state index contributed by atoms with van der Waals surface area (Å²) in [5, 5.41) is 10.8. The minimum atomic E-state index is -3.78. The predicted molar refractivity (Wildman–Crippen MR) is 85.9 cm³/mol. The molecule has 8 heteroatoms. The van der Waals surface area contributed by atoms with Crippen LogP contribution < -0.4 is 4.72 Å². The quantitative estimate of drug-likeness (QED) is 0.661. The van der Waals surface area contributed by atoms with E-state index >= 15 is 0 Å². The van der Waals surface area contributed by atoms with Crippen LogP contribution in [0.5, 0.6) is 0 Å². The first-order valence-electron chi connectivity index (χ1n) is 7.69. The Hall–Kier alpha value is -1.96. The normalized spacial score (nSPS) is 30.7. The summed E-state index contributed by atoms with van der Waals surface area (Å²) in [6.45, 7) is 4.33. The molecule has 0 radical (unpaired) electrons. The fourth-order valence-corrected chi connectivity index (χ4v) is 4.53. The minimum Gasteiger partial charge on any atom is -0.264 e. The van der Waals surface area contributed by atoms with Gasteiger partial charge in [-0.3, -0.25) is 19.8 Å². The summed E-state index contributed by atoms with van der Waals surface area (Å²) in [7, 11) is -3.78. The van der Waals surface area contributed by atoms with E-state index in [0.29, 0.717) is 23.2 Å². The number of sulfonamides is 1. The molecular weight excluding hydrogens is 318 g/mol. The maximum atomic E-state index is 12.2. The van der Waals surface area contributed by atoms with Crippen molar-refractivity contribution in [2.24, 2.45) is 16.8 Å². The summed E-state index contributed by atoms with van der Waals surface area (Å²) < 4.78 is 26.9. The third kappa shape index (κ3) is 2.83. The number of nitrogens with zero attached hydrogens (tertiary/aromatic N) is 2. The first-order valence-corrected chi connectivity index (χ1v) is 9.17. The molecule has 124 valence electrons. The predicted octanol–water partition coefficient (Wildman–Crippen LogP) is 2.46. The molecule has 7 nitrogen and oxygen atoms in total. The van der Waals surface area contributed by atoms with Gasteiger partial charge in [0.15, 0.2) is 0 Å². The van der Waals surface area contributed by atoms with E-state index in [1.807, 2.05) is 0 Å². The van der Waals surface area contributed by atoms with Gasteiger partial charge in [0.2, 0.25) is 0 Å². The molecule has 0 bridgehead atoms. The van der Waals surface area contributed by atoms with Gasteiger partial charge in [0.1, 0.15) is 10.7 Å². The van der Waals surface area contributed by atoms with Crippen molar-refractivity contribution < 1.29 is 13.3 Å². The van der Waals surface area contributed by atoms with E-state index in [1.165, 1.54) is 12.1 Å². The van der Waals surface area contributed by atoms with Gasteiger partial charge in [0, 0.05) is 17.7 Å². The van der Waals surface area contributed by atoms with Crippen LogP contribution in [-0.4, -0.2) is 25.2 Å². The first-order chi connectivity index (χ1) is 10.8. The van der Waals surface area contributed by atoms with Gasteiger partial charge in [-0.05, 0) is 24.3 Å². The van der Waals surface area contributed by atoms with Crippen LogP contribution in [0.3, 0.4) is 0 Å². The number of benzene rings is 1. The monoisotopic (exact) mass is 337 g/mol. The Balaban J connectivity index is 2.02. The van der Waals surface area contributed by atoms with Crippen molar-refractivity contribution in [2.45, 2.75) is 44.0 Å². The zero-order valence-corrected chi connectivity index (χ0v) is 13.8. The molecule has 3 unspecified atom stereocenters. The number of fused-ring (bicyclic) bond motifs is 1. The molecule has 0 spiro atoms. The van der Waals surface area contributed by atoms with Crippen LogP contribution in [0.1, 0.15) is 38.7 Å². The lowest BCUT2D eigenvalue weighted by Crippen LogP contribution is -2.31. The number of aliphatic imine (C=N–C) groups is 1. The molecule has 23 heavy (non-hydrogen) atoms. The maximum Gasteiger partial charge on any atom is 0.270 e.